The third-order valence-electron chi connectivity index (χ3n) is 5.05. The maximum atomic E-state index is 4.43. The summed E-state index contributed by atoms with van der Waals surface area (Å²) < 4.78 is 0. The molecule has 144 valence electrons. The van der Waals surface area contributed by atoms with Crippen molar-refractivity contribution in [2.75, 3.05) is 37.6 Å². The van der Waals surface area contributed by atoms with Gasteiger partial charge in [0.15, 0.2) is 0 Å². The molecule has 0 aromatic carbocycles. The van der Waals surface area contributed by atoms with Crippen molar-refractivity contribution < 1.29 is 0 Å². The third kappa shape index (κ3) is 4.88. The molecule has 1 unspecified atom stereocenters. The number of hydrogen-bond acceptors (Lipinski definition) is 7. The lowest BCUT2D eigenvalue weighted by Crippen LogP contribution is -2.49. The fourth-order valence-corrected chi connectivity index (χ4v) is 3.49. The first-order valence-electron chi connectivity index (χ1n) is 9.65. The normalized spacial score (nSPS) is 16.1. The van der Waals surface area contributed by atoms with Gasteiger partial charge in [-0.15, -0.1) is 0 Å². The van der Waals surface area contributed by atoms with E-state index in [1.165, 1.54) is 5.56 Å². The molecule has 0 bridgehead atoms. The smallest absolute Gasteiger partial charge is 0.147 e. The van der Waals surface area contributed by atoms with Gasteiger partial charge in [-0.1, -0.05) is 6.07 Å². The third-order valence-corrected chi connectivity index (χ3v) is 5.05. The van der Waals surface area contributed by atoms with Crippen LogP contribution in [0.2, 0.25) is 0 Å². The van der Waals surface area contributed by atoms with E-state index in [0.29, 0.717) is 0 Å². The minimum absolute atomic E-state index is 0.230. The van der Waals surface area contributed by atoms with E-state index in [4.69, 9.17) is 0 Å². The van der Waals surface area contributed by atoms with Crippen molar-refractivity contribution >= 4 is 5.82 Å². The molecule has 0 saturated carbocycles. The van der Waals surface area contributed by atoms with Gasteiger partial charge in [0.2, 0.25) is 0 Å². The maximum Gasteiger partial charge on any atom is 0.147 e. The Labute approximate surface area is 165 Å². The van der Waals surface area contributed by atoms with E-state index in [2.05, 4.69) is 53.3 Å². The summed E-state index contributed by atoms with van der Waals surface area (Å²) in [6.45, 7) is 5.62. The number of nitrogens with one attached hydrogen (secondary N) is 1. The van der Waals surface area contributed by atoms with Crippen LogP contribution in [0.25, 0.3) is 0 Å². The highest BCUT2D eigenvalue weighted by molar-refractivity contribution is 5.35. The second kappa shape index (κ2) is 9.34. The molecule has 1 atom stereocenters. The van der Waals surface area contributed by atoms with Gasteiger partial charge >= 0.3 is 0 Å². The number of rotatable bonds is 7. The summed E-state index contributed by atoms with van der Waals surface area (Å²) in [5, 5.41) is 3.67. The van der Waals surface area contributed by atoms with Gasteiger partial charge in [0.1, 0.15) is 5.82 Å². The second-order valence-electron chi connectivity index (χ2n) is 6.89. The molecular formula is C21H25N7. The summed E-state index contributed by atoms with van der Waals surface area (Å²) in [5.41, 5.74) is 2.30. The highest BCUT2D eigenvalue weighted by Gasteiger charge is 2.22. The van der Waals surface area contributed by atoms with Gasteiger partial charge in [-0.05, 0) is 29.8 Å². The molecule has 7 heteroatoms. The fraction of sp³-hybridized carbons (Fsp3) is 0.333. The van der Waals surface area contributed by atoms with E-state index in [-0.39, 0.29) is 6.04 Å². The van der Waals surface area contributed by atoms with E-state index in [1.54, 1.807) is 12.4 Å². The van der Waals surface area contributed by atoms with Gasteiger partial charge in [0, 0.05) is 76.3 Å². The maximum absolute atomic E-state index is 4.43. The van der Waals surface area contributed by atoms with Crippen molar-refractivity contribution in [2.24, 2.45) is 0 Å². The molecule has 1 N–H and O–H groups in total. The molecule has 28 heavy (non-hydrogen) atoms. The molecule has 3 aromatic rings. The van der Waals surface area contributed by atoms with E-state index in [0.717, 1.165) is 50.8 Å². The number of anilines is 1. The van der Waals surface area contributed by atoms with Gasteiger partial charge in [0.25, 0.3) is 0 Å². The molecule has 0 aliphatic carbocycles. The lowest BCUT2D eigenvalue weighted by atomic mass is 10.1. The Morgan fingerprint density at radius 2 is 1.71 bits per heavy atom. The molecule has 1 saturated heterocycles. The lowest BCUT2D eigenvalue weighted by molar-refractivity contribution is 0.228. The predicted molar refractivity (Wildman–Crippen MR) is 109 cm³/mol. The minimum Gasteiger partial charge on any atom is -0.353 e. The number of hydrogen-bond donors (Lipinski definition) is 1. The summed E-state index contributed by atoms with van der Waals surface area (Å²) in [6, 6.07) is 10.4. The number of pyridine rings is 2. The van der Waals surface area contributed by atoms with Crippen LogP contribution in [0, 0.1) is 0 Å². The van der Waals surface area contributed by atoms with Crippen molar-refractivity contribution in [3.8, 4) is 0 Å². The van der Waals surface area contributed by atoms with Crippen molar-refractivity contribution in [3.05, 3.63) is 78.8 Å². The Bertz CT molecular complexity index is 821. The van der Waals surface area contributed by atoms with Crippen molar-refractivity contribution in [1.29, 1.82) is 0 Å². The number of piperazine rings is 1. The number of nitrogens with zero attached hydrogens (tertiary/aromatic N) is 6. The van der Waals surface area contributed by atoms with Crippen molar-refractivity contribution in [1.82, 2.24) is 30.2 Å². The van der Waals surface area contributed by atoms with Gasteiger partial charge in [0.05, 0.1) is 11.9 Å². The van der Waals surface area contributed by atoms with Crippen LogP contribution in [-0.2, 0) is 6.54 Å². The first kappa shape index (κ1) is 18.5. The molecule has 0 spiro atoms. The van der Waals surface area contributed by atoms with Gasteiger partial charge in [-0.25, -0.2) is 4.98 Å². The quantitative estimate of drug-likeness (QED) is 0.676. The van der Waals surface area contributed by atoms with E-state index >= 15 is 0 Å². The molecule has 1 fully saturated rings. The van der Waals surface area contributed by atoms with Crippen LogP contribution < -0.4 is 10.2 Å². The topological polar surface area (TPSA) is 70.1 Å². The summed E-state index contributed by atoms with van der Waals surface area (Å²) in [4.78, 5) is 22.0. The van der Waals surface area contributed by atoms with Crippen LogP contribution in [0.5, 0.6) is 0 Å². The Morgan fingerprint density at radius 3 is 2.43 bits per heavy atom. The number of aromatic nitrogens is 4. The zero-order chi connectivity index (χ0) is 19.0. The second-order valence-corrected chi connectivity index (χ2v) is 6.89. The summed E-state index contributed by atoms with van der Waals surface area (Å²) in [7, 11) is 0. The Balaban J connectivity index is 1.37. The highest BCUT2D eigenvalue weighted by atomic mass is 15.3. The van der Waals surface area contributed by atoms with Crippen LogP contribution in [0.1, 0.15) is 17.3 Å². The molecule has 1 aliphatic heterocycles. The van der Waals surface area contributed by atoms with Crippen LogP contribution in [-0.4, -0.2) is 57.6 Å². The minimum atomic E-state index is 0.230. The summed E-state index contributed by atoms with van der Waals surface area (Å²) in [5.74, 6) is 0.959. The Hall–Kier alpha value is -2.90. The van der Waals surface area contributed by atoms with Crippen LogP contribution in [0.4, 0.5) is 5.82 Å². The molecule has 3 aromatic heterocycles. The molecular weight excluding hydrogens is 350 g/mol. The molecule has 4 rings (SSSR count). The predicted octanol–water partition coefficient (Wildman–Crippen LogP) is 1.92. The van der Waals surface area contributed by atoms with E-state index in [1.807, 2.05) is 36.9 Å². The molecule has 0 radical (unpaired) electrons. The van der Waals surface area contributed by atoms with Gasteiger partial charge < -0.3 is 10.2 Å². The van der Waals surface area contributed by atoms with Crippen molar-refractivity contribution in [2.45, 2.75) is 12.6 Å². The zero-order valence-corrected chi connectivity index (χ0v) is 15.9. The van der Waals surface area contributed by atoms with Gasteiger partial charge in [-0.2, -0.15) is 0 Å². The van der Waals surface area contributed by atoms with Crippen LogP contribution in [0.3, 0.4) is 0 Å². The van der Waals surface area contributed by atoms with Crippen LogP contribution >= 0.6 is 0 Å². The standard InChI is InChI=1S/C21H25N7/c1-2-6-24-19(3-1)15-26-20(18-4-7-22-8-5-18)17-27-11-13-28(14-12-27)21-16-23-9-10-25-21/h1-10,16,20,26H,11-15,17H2. The Kier molecular flexibility index (Phi) is 6.16. The van der Waals surface area contributed by atoms with Crippen LogP contribution in [0.15, 0.2) is 67.5 Å². The molecule has 1 aliphatic rings. The first-order valence-corrected chi connectivity index (χ1v) is 9.65. The molecule has 7 nitrogen and oxygen atoms in total. The Morgan fingerprint density at radius 1 is 0.857 bits per heavy atom. The SMILES string of the molecule is c1ccc(CNC(CN2CCN(c3cnccn3)CC2)c2ccncc2)nc1. The average molecular weight is 375 g/mol. The summed E-state index contributed by atoms with van der Waals surface area (Å²) in [6.07, 6.45) is 10.9. The highest BCUT2D eigenvalue weighted by Crippen LogP contribution is 2.17. The van der Waals surface area contributed by atoms with E-state index in [9.17, 15) is 0 Å². The van der Waals surface area contributed by atoms with Crippen molar-refractivity contribution in [3.63, 3.8) is 0 Å². The molecule has 4 heterocycles. The first-order chi connectivity index (χ1) is 13.9. The average Bonchev–Trinajstić information content (AvgIpc) is 2.79. The molecule has 0 amide bonds. The van der Waals surface area contributed by atoms with Gasteiger partial charge in [-0.3, -0.25) is 19.9 Å². The fourth-order valence-electron chi connectivity index (χ4n) is 3.49. The zero-order valence-electron chi connectivity index (χ0n) is 15.9. The summed E-state index contributed by atoms with van der Waals surface area (Å²) >= 11 is 0. The monoisotopic (exact) mass is 375 g/mol. The largest absolute Gasteiger partial charge is 0.353 e. The van der Waals surface area contributed by atoms with E-state index < -0.39 is 0 Å². The lowest BCUT2D eigenvalue weighted by Gasteiger charge is -2.37.